The van der Waals surface area contributed by atoms with E-state index in [9.17, 15) is 13.6 Å². The van der Waals surface area contributed by atoms with Gasteiger partial charge in [0, 0.05) is 18.0 Å². The summed E-state index contributed by atoms with van der Waals surface area (Å²) in [6.45, 7) is 0.280. The third-order valence-corrected chi connectivity index (χ3v) is 3.93. The van der Waals surface area contributed by atoms with E-state index >= 15 is 0 Å². The highest BCUT2D eigenvalue weighted by Gasteiger charge is 2.12. The molecule has 5 nitrogen and oxygen atoms in total. The van der Waals surface area contributed by atoms with Crippen LogP contribution in [0.1, 0.15) is 5.69 Å². The number of H-pyrrole nitrogens is 1. The molecule has 4 aromatic rings. The third kappa shape index (κ3) is 2.80. The molecule has 0 amide bonds. The smallest absolute Gasteiger partial charge is 0.290 e. The summed E-state index contributed by atoms with van der Waals surface area (Å²) < 4.78 is 28.1. The minimum absolute atomic E-state index is 0.280. The molecule has 3 heterocycles. The molecule has 7 heteroatoms. The van der Waals surface area contributed by atoms with Gasteiger partial charge in [0.05, 0.1) is 17.8 Å². The lowest BCUT2D eigenvalue weighted by Crippen LogP contribution is -2.17. The summed E-state index contributed by atoms with van der Waals surface area (Å²) in [5.74, 6) is -1.84. The third-order valence-electron chi connectivity index (χ3n) is 3.93. The summed E-state index contributed by atoms with van der Waals surface area (Å²) in [5, 5.41) is 0. The van der Waals surface area contributed by atoms with E-state index < -0.39 is 11.6 Å². The molecule has 0 unspecified atom stereocenters. The Labute approximate surface area is 140 Å². The lowest BCUT2D eigenvalue weighted by atomic mass is 10.1. The van der Waals surface area contributed by atoms with Gasteiger partial charge >= 0.3 is 5.69 Å². The van der Waals surface area contributed by atoms with Gasteiger partial charge in [0.2, 0.25) is 0 Å². The van der Waals surface area contributed by atoms with E-state index in [1.807, 2.05) is 12.1 Å². The minimum Gasteiger partial charge on any atom is -0.290 e. The van der Waals surface area contributed by atoms with E-state index in [0.717, 1.165) is 17.8 Å². The number of hydrogen-bond acceptors (Lipinski definition) is 3. The second kappa shape index (κ2) is 5.94. The van der Waals surface area contributed by atoms with Gasteiger partial charge in [0.25, 0.3) is 0 Å². The average molecular weight is 338 g/mol. The van der Waals surface area contributed by atoms with Gasteiger partial charge in [-0.1, -0.05) is 12.1 Å². The van der Waals surface area contributed by atoms with Crippen LogP contribution in [-0.2, 0) is 6.54 Å². The second-order valence-corrected chi connectivity index (χ2v) is 5.56. The molecule has 0 spiro atoms. The molecular formula is C18H12F2N4O. The van der Waals surface area contributed by atoms with Crippen molar-refractivity contribution in [1.82, 2.24) is 19.5 Å². The van der Waals surface area contributed by atoms with Crippen LogP contribution in [0.15, 0.2) is 59.7 Å². The highest BCUT2D eigenvalue weighted by molar-refractivity contribution is 5.78. The Morgan fingerprint density at radius 2 is 1.88 bits per heavy atom. The first kappa shape index (κ1) is 15.2. The molecule has 0 aliphatic rings. The maximum Gasteiger partial charge on any atom is 0.328 e. The van der Waals surface area contributed by atoms with Crippen LogP contribution in [0, 0.1) is 11.6 Å². The maximum absolute atomic E-state index is 13.5. The Morgan fingerprint density at radius 1 is 1.00 bits per heavy atom. The van der Waals surface area contributed by atoms with Crippen LogP contribution < -0.4 is 5.69 Å². The quantitative estimate of drug-likeness (QED) is 0.624. The molecule has 4 rings (SSSR count). The van der Waals surface area contributed by atoms with E-state index in [-0.39, 0.29) is 12.2 Å². The molecule has 0 aliphatic heterocycles. The molecule has 124 valence electrons. The zero-order chi connectivity index (χ0) is 17.4. The zero-order valence-corrected chi connectivity index (χ0v) is 12.9. The van der Waals surface area contributed by atoms with Crippen molar-refractivity contribution in [3.63, 3.8) is 0 Å². The summed E-state index contributed by atoms with van der Waals surface area (Å²) in [7, 11) is 0. The van der Waals surface area contributed by atoms with Crippen molar-refractivity contribution in [2.75, 3.05) is 0 Å². The van der Waals surface area contributed by atoms with Crippen molar-refractivity contribution >= 4 is 11.2 Å². The lowest BCUT2D eigenvalue weighted by Gasteiger charge is -2.05. The maximum atomic E-state index is 13.5. The number of hydrogen-bond donors (Lipinski definition) is 1. The van der Waals surface area contributed by atoms with E-state index in [4.69, 9.17) is 0 Å². The SMILES string of the molecule is O=c1[nH]c2ncc(-c3ccc(F)c(F)c3)cc2n1Cc1ccccn1. The largest absolute Gasteiger partial charge is 0.328 e. The Bertz CT molecular complexity index is 1120. The predicted molar refractivity (Wildman–Crippen MR) is 89.0 cm³/mol. The fraction of sp³-hybridized carbons (Fsp3) is 0.0556. The standard InChI is InChI=1S/C18H12F2N4O/c19-14-5-4-11(7-15(14)20)12-8-16-17(22-9-12)23-18(25)24(16)10-13-3-1-2-6-21-13/h1-9H,10H2,(H,22,23,25). The van der Waals surface area contributed by atoms with Gasteiger partial charge in [-0.25, -0.2) is 18.6 Å². The number of aromatic amines is 1. The van der Waals surface area contributed by atoms with Crippen LogP contribution in [0.2, 0.25) is 0 Å². The van der Waals surface area contributed by atoms with E-state index in [1.54, 1.807) is 18.3 Å². The van der Waals surface area contributed by atoms with Crippen LogP contribution in [0.5, 0.6) is 0 Å². The number of nitrogens with one attached hydrogen (secondary N) is 1. The normalized spacial score (nSPS) is 11.1. The van der Waals surface area contributed by atoms with Crippen LogP contribution >= 0.6 is 0 Å². The lowest BCUT2D eigenvalue weighted by molar-refractivity contribution is 0.509. The predicted octanol–water partition coefficient (Wildman–Crippen LogP) is 3.11. The summed E-state index contributed by atoms with van der Waals surface area (Å²) in [6.07, 6.45) is 3.16. The Hall–Kier alpha value is -3.35. The molecule has 0 radical (unpaired) electrons. The van der Waals surface area contributed by atoms with Gasteiger partial charge in [0.15, 0.2) is 17.3 Å². The molecule has 0 saturated heterocycles. The number of nitrogens with zero attached hydrogens (tertiary/aromatic N) is 3. The molecule has 0 fully saturated rings. The van der Waals surface area contributed by atoms with Crippen LogP contribution in [-0.4, -0.2) is 19.5 Å². The number of benzene rings is 1. The number of rotatable bonds is 3. The topological polar surface area (TPSA) is 63.6 Å². The van der Waals surface area contributed by atoms with Crippen LogP contribution in [0.25, 0.3) is 22.3 Å². The van der Waals surface area contributed by atoms with Gasteiger partial charge in [-0.15, -0.1) is 0 Å². The summed E-state index contributed by atoms with van der Waals surface area (Å²) >= 11 is 0. The van der Waals surface area contributed by atoms with Crippen molar-refractivity contribution in [2.45, 2.75) is 6.54 Å². The molecule has 3 aromatic heterocycles. The van der Waals surface area contributed by atoms with Gasteiger partial charge in [-0.2, -0.15) is 0 Å². The second-order valence-electron chi connectivity index (χ2n) is 5.56. The summed E-state index contributed by atoms with van der Waals surface area (Å²) in [5.41, 5.74) is 2.47. The van der Waals surface area contributed by atoms with Crippen molar-refractivity contribution in [2.24, 2.45) is 0 Å². The number of aromatic nitrogens is 4. The van der Waals surface area contributed by atoms with Crippen molar-refractivity contribution in [3.05, 3.63) is 82.7 Å². The average Bonchev–Trinajstić information content (AvgIpc) is 2.93. The first-order valence-corrected chi connectivity index (χ1v) is 7.56. The number of pyridine rings is 2. The van der Waals surface area contributed by atoms with Gasteiger partial charge in [-0.3, -0.25) is 14.5 Å². The summed E-state index contributed by atoms with van der Waals surface area (Å²) in [4.78, 5) is 23.3. The molecule has 1 N–H and O–H groups in total. The van der Waals surface area contributed by atoms with Crippen molar-refractivity contribution in [1.29, 1.82) is 0 Å². The van der Waals surface area contributed by atoms with E-state index in [2.05, 4.69) is 15.0 Å². The van der Waals surface area contributed by atoms with Gasteiger partial charge in [0.1, 0.15) is 0 Å². The fourth-order valence-corrected chi connectivity index (χ4v) is 2.68. The monoisotopic (exact) mass is 338 g/mol. The molecule has 25 heavy (non-hydrogen) atoms. The molecule has 0 aliphatic carbocycles. The first-order valence-electron chi connectivity index (χ1n) is 7.56. The first-order chi connectivity index (χ1) is 12.1. The van der Waals surface area contributed by atoms with E-state index in [1.165, 1.54) is 16.8 Å². The molecule has 0 saturated carbocycles. The van der Waals surface area contributed by atoms with Crippen molar-refractivity contribution in [3.8, 4) is 11.1 Å². The van der Waals surface area contributed by atoms with E-state index in [0.29, 0.717) is 22.3 Å². The van der Waals surface area contributed by atoms with Gasteiger partial charge < -0.3 is 0 Å². The molecular weight excluding hydrogens is 326 g/mol. The number of imidazole rings is 1. The highest BCUT2D eigenvalue weighted by Crippen LogP contribution is 2.23. The highest BCUT2D eigenvalue weighted by atomic mass is 19.2. The minimum atomic E-state index is -0.933. The Morgan fingerprint density at radius 3 is 2.64 bits per heavy atom. The molecule has 0 bridgehead atoms. The van der Waals surface area contributed by atoms with Gasteiger partial charge in [-0.05, 0) is 35.9 Å². The number of halogens is 2. The number of fused-ring (bicyclic) bond motifs is 1. The summed E-state index contributed by atoms with van der Waals surface area (Å²) in [6, 6.07) is 10.8. The zero-order valence-electron chi connectivity index (χ0n) is 12.9. The molecule has 0 atom stereocenters. The Balaban J connectivity index is 1.83. The van der Waals surface area contributed by atoms with Crippen LogP contribution in [0.4, 0.5) is 8.78 Å². The molecule has 1 aromatic carbocycles. The Kier molecular flexibility index (Phi) is 3.61. The fourth-order valence-electron chi connectivity index (χ4n) is 2.68. The van der Waals surface area contributed by atoms with Crippen molar-refractivity contribution < 1.29 is 8.78 Å². The van der Waals surface area contributed by atoms with Crippen LogP contribution in [0.3, 0.4) is 0 Å².